The highest BCUT2D eigenvalue weighted by Gasteiger charge is 2.31. The maximum Gasteiger partial charge on any atom is 0.169 e. The van der Waals surface area contributed by atoms with Crippen LogP contribution in [0.25, 0.3) is 58.9 Å². The quantitative estimate of drug-likeness (QED) is 0.176. The molecule has 9 aromatic rings. The molecule has 0 bridgehead atoms. The molecule has 1 aliphatic heterocycles. The highest BCUT2D eigenvalue weighted by atomic mass is 32.1. The third kappa shape index (κ3) is 5.40. The topological polar surface area (TPSA) is 36.8 Å². The first kappa shape index (κ1) is 32.8. The van der Waals surface area contributed by atoms with Crippen LogP contribution in [-0.2, 0) is 11.8 Å². The van der Waals surface area contributed by atoms with E-state index < -0.39 is 0 Å². The van der Waals surface area contributed by atoms with E-state index in [2.05, 4.69) is 182 Å². The molecule has 2 unspecified atom stereocenters. The Morgan fingerprint density at radius 3 is 1.96 bits per heavy atom. The van der Waals surface area contributed by atoms with Crippen LogP contribution in [0.15, 0.2) is 186 Å². The van der Waals surface area contributed by atoms with Crippen LogP contribution in [-0.4, -0.2) is 11.7 Å². The summed E-state index contributed by atoms with van der Waals surface area (Å²) >= 11 is 1.84. The van der Waals surface area contributed by atoms with Crippen molar-refractivity contribution in [2.45, 2.75) is 24.9 Å². The van der Waals surface area contributed by atoms with Crippen molar-refractivity contribution >= 4 is 70.8 Å². The van der Waals surface area contributed by atoms with Gasteiger partial charge in [0, 0.05) is 36.7 Å². The van der Waals surface area contributed by atoms with Gasteiger partial charge in [-0.25, -0.2) is 9.98 Å². The Kier molecular flexibility index (Phi) is 7.61. The Balaban J connectivity index is 1.06. The zero-order valence-electron chi connectivity index (χ0n) is 30.9. The molecule has 1 aliphatic carbocycles. The van der Waals surface area contributed by atoms with E-state index in [-0.39, 0.29) is 11.6 Å². The van der Waals surface area contributed by atoms with Gasteiger partial charge in [0.2, 0.25) is 0 Å². The average molecular weight is 736 g/mol. The second-order valence-electron chi connectivity index (χ2n) is 15.2. The summed E-state index contributed by atoms with van der Waals surface area (Å²) < 4.78 is 2.52. The number of allylic oxidation sites excluding steroid dienone is 1. The first-order valence-corrected chi connectivity index (χ1v) is 20.1. The second-order valence-corrected chi connectivity index (χ2v) is 16.3. The molecule has 266 valence electrons. The minimum Gasteiger partial charge on any atom is -0.324 e. The molecule has 56 heavy (non-hydrogen) atoms. The van der Waals surface area contributed by atoms with Crippen LogP contribution in [0.1, 0.15) is 46.5 Å². The molecule has 4 heteroatoms. The molecule has 0 saturated carbocycles. The van der Waals surface area contributed by atoms with Crippen molar-refractivity contribution in [3.8, 4) is 11.1 Å². The van der Waals surface area contributed by atoms with E-state index in [1.165, 1.54) is 69.5 Å². The molecule has 2 aliphatic rings. The van der Waals surface area contributed by atoms with E-state index in [0.717, 1.165) is 34.8 Å². The predicted molar refractivity (Wildman–Crippen MR) is 238 cm³/mol. The summed E-state index contributed by atoms with van der Waals surface area (Å²) in [5, 5.41) is 11.5. The minimum atomic E-state index is -0.360. The number of benzene rings is 8. The van der Waals surface area contributed by atoms with Gasteiger partial charge in [-0.1, -0.05) is 171 Å². The molecule has 3 nitrogen and oxygen atoms in total. The smallest absolute Gasteiger partial charge is 0.169 e. The SMILES string of the molecule is CC1(c2cccc(-c3cc(C4=NC(c5ccccc5)N=C(c5ccccc5)N4)cc4sc5ccccc5c34)c2)C=Cc2c(c3ccccc3c3ccccc23)C1. The highest BCUT2D eigenvalue weighted by molar-refractivity contribution is 7.26. The van der Waals surface area contributed by atoms with Crippen molar-refractivity contribution in [3.63, 3.8) is 0 Å². The molecule has 0 amide bonds. The molecular formula is C52H37N3S. The molecule has 2 heterocycles. The van der Waals surface area contributed by atoms with Gasteiger partial charge in [0.25, 0.3) is 0 Å². The van der Waals surface area contributed by atoms with E-state index >= 15 is 0 Å². The second kappa shape index (κ2) is 13.0. The van der Waals surface area contributed by atoms with Crippen molar-refractivity contribution in [1.82, 2.24) is 5.32 Å². The Morgan fingerprint density at radius 1 is 0.554 bits per heavy atom. The molecule has 11 rings (SSSR count). The number of nitrogens with zero attached hydrogens (tertiary/aromatic N) is 2. The first-order valence-electron chi connectivity index (χ1n) is 19.3. The fourth-order valence-electron chi connectivity index (χ4n) is 8.89. The summed E-state index contributed by atoms with van der Waals surface area (Å²) in [6.45, 7) is 2.40. The standard InChI is InChI=1S/C52H37N3S/c1-52(28-27-42-40-23-9-8-21-38(40)39-22-10-11-24-41(39)45(42)32-52)37-20-14-19-35(29-37)44-30-36(31-47-48(44)43-25-12-13-26-46(43)56-47)51-54-49(33-15-4-2-5-16-33)53-50(55-51)34-17-6-3-7-18-34/h2-31,49H,32H2,1H3,(H,53,54,55). The number of aliphatic imine (C=N–C) groups is 2. The van der Waals surface area contributed by atoms with E-state index in [4.69, 9.17) is 9.98 Å². The van der Waals surface area contributed by atoms with Gasteiger partial charge in [0.1, 0.15) is 11.7 Å². The van der Waals surface area contributed by atoms with Gasteiger partial charge in [0.15, 0.2) is 6.17 Å². The molecule has 8 aromatic carbocycles. The monoisotopic (exact) mass is 735 g/mol. The van der Waals surface area contributed by atoms with Gasteiger partial charge in [0.05, 0.1) is 0 Å². The number of rotatable bonds is 5. The summed E-state index contributed by atoms with van der Waals surface area (Å²) in [6, 6.07) is 61.2. The predicted octanol–water partition coefficient (Wildman–Crippen LogP) is 13.1. The van der Waals surface area contributed by atoms with Crippen LogP contribution < -0.4 is 5.32 Å². The summed E-state index contributed by atoms with van der Waals surface area (Å²) in [5.74, 6) is 1.64. The van der Waals surface area contributed by atoms with Crippen molar-refractivity contribution in [3.05, 3.63) is 209 Å². The lowest BCUT2D eigenvalue weighted by Gasteiger charge is -2.33. The van der Waals surface area contributed by atoms with Gasteiger partial charge >= 0.3 is 0 Å². The van der Waals surface area contributed by atoms with E-state index in [1.807, 2.05) is 23.5 Å². The lowest BCUT2D eigenvalue weighted by atomic mass is 9.71. The average Bonchev–Trinajstić information content (AvgIpc) is 3.65. The lowest BCUT2D eigenvalue weighted by Crippen LogP contribution is -2.36. The van der Waals surface area contributed by atoms with Crippen molar-refractivity contribution in [2.24, 2.45) is 9.98 Å². The lowest BCUT2D eigenvalue weighted by molar-refractivity contribution is 0.590. The molecular weight excluding hydrogens is 699 g/mol. The summed E-state index contributed by atoms with van der Waals surface area (Å²) in [5.41, 5.74) is 9.44. The Morgan fingerprint density at radius 2 is 1.18 bits per heavy atom. The Bertz CT molecular complexity index is 3100. The van der Waals surface area contributed by atoms with Gasteiger partial charge in [-0.3, -0.25) is 0 Å². The van der Waals surface area contributed by atoms with Gasteiger partial charge in [-0.2, -0.15) is 0 Å². The fourth-order valence-corrected chi connectivity index (χ4v) is 10.1. The number of hydrogen-bond donors (Lipinski definition) is 1. The molecule has 1 N–H and O–H groups in total. The van der Waals surface area contributed by atoms with Crippen LogP contribution in [0.2, 0.25) is 0 Å². The van der Waals surface area contributed by atoms with Gasteiger partial charge in [-0.05, 0) is 79.5 Å². The molecule has 0 fully saturated rings. The van der Waals surface area contributed by atoms with Crippen LogP contribution >= 0.6 is 11.3 Å². The van der Waals surface area contributed by atoms with E-state index in [0.29, 0.717) is 0 Å². The number of hydrogen-bond acceptors (Lipinski definition) is 4. The van der Waals surface area contributed by atoms with Gasteiger partial charge < -0.3 is 5.32 Å². The summed E-state index contributed by atoms with van der Waals surface area (Å²) in [7, 11) is 0. The van der Waals surface area contributed by atoms with Crippen LogP contribution in [0.3, 0.4) is 0 Å². The Hall–Kier alpha value is -6.62. The van der Waals surface area contributed by atoms with E-state index in [1.54, 1.807) is 0 Å². The number of nitrogens with one attached hydrogen (secondary N) is 1. The van der Waals surface area contributed by atoms with Crippen molar-refractivity contribution in [1.29, 1.82) is 0 Å². The maximum atomic E-state index is 5.28. The third-order valence-corrected chi connectivity index (χ3v) is 12.8. The first-order chi connectivity index (χ1) is 27.6. The number of thiophene rings is 1. The molecule has 2 atom stereocenters. The van der Waals surface area contributed by atoms with Crippen molar-refractivity contribution in [2.75, 3.05) is 0 Å². The van der Waals surface area contributed by atoms with Crippen LogP contribution in [0, 0.1) is 0 Å². The van der Waals surface area contributed by atoms with Crippen LogP contribution in [0.5, 0.6) is 0 Å². The largest absolute Gasteiger partial charge is 0.324 e. The van der Waals surface area contributed by atoms with Crippen molar-refractivity contribution < 1.29 is 0 Å². The highest BCUT2D eigenvalue weighted by Crippen LogP contribution is 2.45. The summed E-state index contributed by atoms with van der Waals surface area (Å²) in [6.07, 6.45) is 5.39. The zero-order valence-corrected chi connectivity index (χ0v) is 31.7. The molecule has 0 saturated heterocycles. The Labute approximate surface area is 330 Å². The van der Waals surface area contributed by atoms with Crippen LogP contribution in [0.4, 0.5) is 0 Å². The maximum absolute atomic E-state index is 5.28. The molecule has 0 radical (unpaired) electrons. The molecule has 0 spiro atoms. The summed E-state index contributed by atoms with van der Waals surface area (Å²) in [4.78, 5) is 10.4. The van der Waals surface area contributed by atoms with Gasteiger partial charge in [-0.15, -0.1) is 11.3 Å². The number of amidine groups is 2. The minimum absolute atomic E-state index is 0.194. The number of fused-ring (bicyclic) bond motifs is 9. The molecule has 1 aromatic heterocycles. The third-order valence-electron chi connectivity index (χ3n) is 11.7. The van der Waals surface area contributed by atoms with E-state index in [9.17, 15) is 0 Å². The fraction of sp³-hybridized carbons (Fsp3) is 0.0769. The zero-order chi connectivity index (χ0) is 37.2. The normalized spacial score (nSPS) is 17.8.